The van der Waals surface area contributed by atoms with Gasteiger partial charge in [0.25, 0.3) is 5.91 Å². The van der Waals surface area contributed by atoms with Crippen LogP contribution in [0.1, 0.15) is 17.3 Å². The number of fused-ring (bicyclic) bond motifs is 3. The van der Waals surface area contributed by atoms with Crippen molar-refractivity contribution in [2.45, 2.75) is 18.5 Å². The molecular formula is C23H21N3O3S. The summed E-state index contributed by atoms with van der Waals surface area (Å²) in [5.41, 5.74) is 3.29. The van der Waals surface area contributed by atoms with Crippen LogP contribution in [0.2, 0.25) is 0 Å². The van der Waals surface area contributed by atoms with Crippen LogP contribution in [0.25, 0.3) is 21.8 Å². The first kappa shape index (κ1) is 20.0. The van der Waals surface area contributed by atoms with Gasteiger partial charge in [0, 0.05) is 40.2 Å². The summed E-state index contributed by atoms with van der Waals surface area (Å²) in [4.78, 5) is 28.8. The Morgan fingerprint density at radius 3 is 2.67 bits per heavy atom. The number of nitrogens with one attached hydrogen (secondary N) is 1. The fourth-order valence-electron chi connectivity index (χ4n) is 3.59. The van der Waals surface area contributed by atoms with Crippen LogP contribution in [-0.2, 0) is 16.1 Å². The first-order valence-electron chi connectivity index (χ1n) is 9.59. The molecule has 0 radical (unpaired) electrons. The Kier molecular flexibility index (Phi) is 5.72. The Morgan fingerprint density at radius 2 is 1.87 bits per heavy atom. The van der Waals surface area contributed by atoms with E-state index in [2.05, 4.69) is 33.9 Å². The number of aromatic nitrogens is 2. The fourth-order valence-corrected chi connectivity index (χ4v) is 4.12. The second-order valence-corrected chi connectivity index (χ2v) is 7.47. The van der Waals surface area contributed by atoms with Gasteiger partial charge in [-0.1, -0.05) is 18.2 Å². The first-order valence-corrected chi connectivity index (χ1v) is 10.8. The highest BCUT2D eigenvalue weighted by atomic mass is 32.2. The molecule has 0 fully saturated rings. The third-order valence-electron chi connectivity index (χ3n) is 4.89. The number of para-hydroxylation sites is 1. The molecule has 30 heavy (non-hydrogen) atoms. The quantitative estimate of drug-likeness (QED) is 0.361. The number of amides is 1. The van der Waals surface area contributed by atoms with Crippen molar-refractivity contribution >= 4 is 51.1 Å². The summed E-state index contributed by atoms with van der Waals surface area (Å²) in [5.74, 6) is -0.958. The number of anilines is 1. The van der Waals surface area contributed by atoms with E-state index in [0.29, 0.717) is 16.3 Å². The second-order valence-electron chi connectivity index (χ2n) is 6.68. The average molecular weight is 420 g/mol. The van der Waals surface area contributed by atoms with Gasteiger partial charge in [-0.2, -0.15) is 0 Å². The third-order valence-corrected chi connectivity index (χ3v) is 5.60. The molecule has 0 aliphatic heterocycles. The van der Waals surface area contributed by atoms with Gasteiger partial charge in [0.2, 0.25) is 0 Å². The van der Waals surface area contributed by atoms with Crippen LogP contribution in [0.4, 0.5) is 5.69 Å². The highest BCUT2D eigenvalue weighted by Crippen LogP contribution is 2.31. The molecular weight excluding hydrogens is 398 g/mol. The molecule has 2 aromatic heterocycles. The summed E-state index contributed by atoms with van der Waals surface area (Å²) >= 11 is 1.35. The summed E-state index contributed by atoms with van der Waals surface area (Å²) in [6, 6.07) is 17.3. The van der Waals surface area contributed by atoms with Crippen LogP contribution >= 0.6 is 11.8 Å². The lowest BCUT2D eigenvalue weighted by Crippen LogP contribution is -2.21. The number of rotatable bonds is 6. The van der Waals surface area contributed by atoms with Crippen molar-refractivity contribution < 1.29 is 14.3 Å². The van der Waals surface area contributed by atoms with Gasteiger partial charge in [-0.05, 0) is 49.6 Å². The Bertz CT molecular complexity index is 1250. The van der Waals surface area contributed by atoms with E-state index in [1.165, 1.54) is 11.8 Å². The van der Waals surface area contributed by atoms with Gasteiger partial charge in [-0.3, -0.25) is 4.79 Å². The molecule has 1 amide bonds. The van der Waals surface area contributed by atoms with Crippen LogP contribution in [0.5, 0.6) is 0 Å². The van der Waals surface area contributed by atoms with E-state index in [-0.39, 0.29) is 6.61 Å². The van der Waals surface area contributed by atoms with E-state index in [0.717, 1.165) is 28.4 Å². The molecule has 0 bridgehead atoms. The number of thioether (sulfide) groups is 1. The van der Waals surface area contributed by atoms with Crippen molar-refractivity contribution in [1.82, 2.24) is 9.55 Å². The number of hydrogen-bond acceptors (Lipinski definition) is 5. The lowest BCUT2D eigenvalue weighted by atomic mass is 10.1. The number of esters is 1. The topological polar surface area (TPSA) is 73.2 Å². The zero-order valence-corrected chi connectivity index (χ0v) is 17.5. The van der Waals surface area contributed by atoms with Gasteiger partial charge in [-0.15, -0.1) is 11.8 Å². The number of hydrogen-bond donors (Lipinski definition) is 1. The Hall–Kier alpha value is -3.32. The number of carbonyl (C=O) groups excluding carboxylic acids is 2. The minimum absolute atomic E-state index is 0.353. The average Bonchev–Trinajstić information content (AvgIpc) is 3.10. The maximum Gasteiger partial charge on any atom is 0.341 e. The lowest BCUT2D eigenvalue weighted by molar-refractivity contribution is -0.119. The van der Waals surface area contributed by atoms with Crippen LogP contribution < -0.4 is 5.32 Å². The van der Waals surface area contributed by atoms with E-state index < -0.39 is 11.9 Å². The van der Waals surface area contributed by atoms with Crippen molar-refractivity contribution in [2.75, 3.05) is 18.2 Å². The van der Waals surface area contributed by atoms with Crippen LogP contribution in [0.15, 0.2) is 65.8 Å². The highest BCUT2D eigenvalue weighted by Gasteiger charge is 2.15. The monoisotopic (exact) mass is 419 g/mol. The van der Waals surface area contributed by atoms with Gasteiger partial charge in [0.15, 0.2) is 6.61 Å². The molecule has 4 aromatic rings. The maximum absolute atomic E-state index is 12.3. The molecule has 6 nitrogen and oxygen atoms in total. The standard InChI is InChI=1S/C23H21N3O3S/c1-3-26-19-9-5-4-7-16(19)18-13-15(10-11-20(18)26)25-21(27)14-29-23(28)17-8-6-12-24-22(17)30-2/h4-13H,3,14H2,1-2H3,(H,25,27). The summed E-state index contributed by atoms with van der Waals surface area (Å²) in [6.45, 7) is 2.61. The Balaban J connectivity index is 1.49. The molecule has 152 valence electrons. The number of aryl methyl sites for hydroxylation is 1. The molecule has 7 heteroatoms. The zero-order valence-electron chi connectivity index (χ0n) is 16.7. The molecule has 2 aromatic carbocycles. The highest BCUT2D eigenvalue weighted by molar-refractivity contribution is 7.98. The molecule has 0 aliphatic carbocycles. The third kappa shape index (κ3) is 3.76. The molecule has 0 aliphatic rings. The second kappa shape index (κ2) is 8.59. The van der Waals surface area contributed by atoms with Crippen molar-refractivity contribution in [1.29, 1.82) is 0 Å². The van der Waals surface area contributed by atoms with Gasteiger partial charge < -0.3 is 14.6 Å². The van der Waals surface area contributed by atoms with Crippen LogP contribution in [0.3, 0.4) is 0 Å². The lowest BCUT2D eigenvalue weighted by Gasteiger charge is -2.09. The largest absolute Gasteiger partial charge is 0.452 e. The minimum Gasteiger partial charge on any atom is -0.452 e. The molecule has 0 saturated heterocycles. The van der Waals surface area contributed by atoms with Crippen molar-refractivity contribution in [3.8, 4) is 0 Å². The van der Waals surface area contributed by atoms with Gasteiger partial charge in [0.1, 0.15) is 5.03 Å². The Morgan fingerprint density at radius 1 is 1.07 bits per heavy atom. The predicted molar refractivity (Wildman–Crippen MR) is 120 cm³/mol. The number of nitrogens with zero attached hydrogens (tertiary/aromatic N) is 2. The summed E-state index contributed by atoms with van der Waals surface area (Å²) in [7, 11) is 0. The number of carbonyl (C=O) groups is 2. The SMILES string of the molecule is CCn1c2ccccc2c2cc(NC(=O)COC(=O)c3cccnc3SC)ccc21. The fraction of sp³-hybridized carbons (Fsp3) is 0.174. The van der Waals surface area contributed by atoms with E-state index in [4.69, 9.17) is 4.74 Å². The minimum atomic E-state index is -0.566. The van der Waals surface area contributed by atoms with E-state index >= 15 is 0 Å². The maximum atomic E-state index is 12.3. The number of pyridine rings is 1. The van der Waals surface area contributed by atoms with Gasteiger partial charge >= 0.3 is 5.97 Å². The summed E-state index contributed by atoms with van der Waals surface area (Å²) in [6.07, 6.45) is 3.44. The van der Waals surface area contributed by atoms with Gasteiger partial charge in [-0.25, -0.2) is 9.78 Å². The molecule has 0 spiro atoms. The van der Waals surface area contributed by atoms with Crippen molar-refractivity contribution in [3.63, 3.8) is 0 Å². The van der Waals surface area contributed by atoms with E-state index in [1.807, 2.05) is 36.6 Å². The smallest absolute Gasteiger partial charge is 0.341 e. The number of benzene rings is 2. The summed E-state index contributed by atoms with van der Waals surface area (Å²) < 4.78 is 7.42. The molecule has 0 atom stereocenters. The summed E-state index contributed by atoms with van der Waals surface area (Å²) in [5, 5.41) is 5.59. The molecule has 4 rings (SSSR count). The normalized spacial score (nSPS) is 11.0. The first-order chi connectivity index (χ1) is 14.6. The van der Waals surface area contributed by atoms with E-state index in [9.17, 15) is 9.59 Å². The van der Waals surface area contributed by atoms with Crippen molar-refractivity contribution in [3.05, 3.63) is 66.4 Å². The predicted octanol–water partition coefficient (Wildman–Crippen LogP) is 4.73. The Labute approximate surface area is 178 Å². The molecule has 0 saturated carbocycles. The van der Waals surface area contributed by atoms with Gasteiger partial charge in [0.05, 0.1) is 5.56 Å². The van der Waals surface area contributed by atoms with Crippen LogP contribution in [0, 0.1) is 0 Å². The van der Waals surface area contributed by atoms with Crippen molar-refractivity contribution in [2.24, 2.45) is 0 Å². The van der Waals surface area contributed by atoms with Crippen LogP contribution in [-0.4, -0.2) is 34.3 Å². The molecule has 2 heterocycles. The van der Waals surface area contributed by atoms with E-state index in [1.54, 1.807) is 18.3 Å². The molecule has 0 unspecified atom stereocenters. The zero-order chi connectivity index (χ0) is 21.1. The number of ether oxygens (including phenoxy) is 1. The molecule has 1 N–H and O–H groups in total.